The van der Waals surface area contributed by atoms with Crippen molar-refractivity contribution in [3.05, 3.63) is 18.0 Å². The summed E-state index contributed by atoms with van der Waals surface area (Å²) in [5.41, 5.74) is -1.53. The van der Waals surface area contributed by atoms with Crippen LogP contribution in [0.25, 0.3) is 0 Å². The fraction of sp³-hybridized carbons (Fsp3) is 0.643. The van der Waals surface area contributed by atoms with E-state index in [2.05, 4.69) is 15.0 Å². The van der Waals surface area contributed by atoms with Crippen molar-refractivity contribution in [1.82, 2.24) is 10.5 Å². The topological polar surface area (TPSA) is 102 Å². The number of hydrogen-bond donors (Lipinski definition) is 2. The number of aliphatic carboxylic acids is 1. The van der Waals surface area contributed by atoms with E-state index in [0.717, 1.165) is 0 Å². The molecular weight excluding hydrogens is 276 g/mol. The average Bonchev–Trinajstić information content (AvgIpc) is 2.89. The van der Waals surface area contributed by atoms with Gasteiger partial charge >= 0.3 is 5.97 Å². The van der Waals surface area contributed by atoms with E-state index < -0.39 is 22.8 Å². The van der Waals surface area contributed by atoms with Gasteiger partial charge in [0.2, 0.25) is 5.91 Å². The zero-order valence-electron chi connectivity index (χ0n) is 12.4. The van der Waals surface area contributed by atoms with Gasteiger partial charge in [-0.3, -0.25) is 4.79 Å². The minimum atomic E-state index is -1.31. The zero-order chi connectivity index (χ0) is 15.7. The van der Waals surface area contributed by atoms with E-state index in [1.54, 1.807) is 19.9 Å². The number of carbonyl (C=O) groups excluding carboxylic acids is 1. The Morgan fingerprint density at radius 1 is 1.57 bits per heavy atom. The van der Waals surface area contributed by atoms with E-state index in [9.17, 15) is 14.7 Å². The number of amides is 1. The summed E-state index contributed by atoms with van der Waals surface area (Å²) in [5, 5.41) is 15.9. The molecule has 0 spiro atoms. The molecule has 1 aromatic rings. The van der Waals surface area contributed by atoms with Crippen LogP contribution in [0.1, 0.15) is 32.9 Å². The van der Waals surface area contributed by atoms with E-state index in [1.807, 2.05) is 6.92 Å². The minimum absolute atomic E-state index is 0.0130. The second-order valence-corrected chi connectivity index (χ2v) is 5.80. The summed E-state index contributed by atoms with van der Waals surface area (Å²) >= 11 is 0. The third kappa shape index (κ3) is 2.53. The lowest BCUT2D eigenvalue weighted by atomic mass is 9.54. The number of carbonyl (C=O) groups is 2. The van der Waals surface area contributed by atoms with Gasteiger partial charge in [0.1, 0.15) is 11.8 Å². The van der Waals surface area contributed by atoms with Gasteiger partial charge in [-0.2, -0.15) is 0 Å². The molecule has 1 saturated carbocycles. The first-order valence-corrected chi connectivity index (χ1v) is 6.88. The Morgan fingerprint density at radius 3 is 2.76 bits per heavy atom. The smallest absolute Gasteiger partial charge is 0.330 e. The van der Waals surface area contributed by atoms with Crippen molar-refractivity contribution in [2.24, 2.45) is 5.41 Å². The van der Waals surface area contributed by atoms with Gasteiger partial charge in [-0.25, -0.2) is 4.79 Å². The van der Waals surface area contributed by atoms with Crippen LogP contribution in [0.3, 0.4) is 0 Å². The Labute approximate surface area is 122 Å². The third-order valence-electron chi connectivity index (χ3n) is 4.32. The molecule has 21 heavy (non-hydrogen) atoms. The molecule has 0 radical (unpaired) electrons. The van der Waals surface area contributed by atoms with Crippen molar-refractivity contribution < 1.29 is 24.0 Å². The summed E-state index contributed by atoms with van der Waals surface area (Å²) in [6.07, 6.45) is 1.42. The van der Waals surface area contributed by atoms with Crippen molar-refractivity contribution in [3.8, 4) is 0 Å². The molecule has 1 fully saturated rings. The summed E-state index contributed by atoms with van der Waals surface area (Å²) in [5.74, 6) is -1.44. The van der Waals surface area contributed by atoms with Gasteiger partial charge in [0.15, 0.2) is 0 Å². The van der Waals surface area contributed by atoms with E-state index >= 15 is 0 Å². The third-order valence-corrected chi connectivity index (χ3v) is 4.32. The minimum Gasteiger partial charge on any atom is -0.479 e. The summed E-state index contributed by atoms with van der Waals surface area (Å²) < 4.78 is 10.2. The highest BCUT2D eigenvalue weighted by atomic mass is 16.5. The Bertz CT molecular complexity index is 525. The van der Waals surface area contributed by atoms with Crippen molar-refractivity contribution in [2.45, 2.75) is 45.3 Å². The van der Waals surface area contributed by atoms with E-state index in [0.29, 0.717) is 12.3 Å². The Balaban J connectivity index is 2.10. The number of rotatable bonds is 6. The van der Waals surface area contributed by atoms with Crippen LogP contribution in [0.5, 0.6) is 0 Å². The van der Waals surface area contributed by atoms with Gasteiger partial charge in [-0.15, -0.1) is 0 Å². The summed E-state index contributed by atoms with van der Waals surface area (Å²) in [4.78, 5) is 23.8. The molecule has 0 bridgehead atoms. The van der Waals surface area contributed by atoms with Crippen LogP contribution in [-0.2, 0) is 20.7 Å². The average molecular weight is 296 g/mol. The van der Waals surface area contributed by atoms with Crippen LogP contribution in [0, 0.1) is 5.41 Å². The van der Waals surface area contributed by atoms with E-state index in [1.165, 1.54) is 6.26 Å². The maximum absolute atomic E-state index is 12.1. The highest BCUT2D eigenvalue weighted by Crippen LogP contribution is 2.51. The molecule has 1 heterocycles. The first-order chi connectivity index (χ1) is 9.83. The Kier molecular flexibility index (Phi) is 4.04. The summed E-state index contributed by atoms with van der Waals surface area (Å²) in [6.45, 7) is 5.96. The monoisotopic (exact) mass is 296 g/mol. The highest BCUT2D eigenvalue weighted by molar-refractivity contribution is 5.90. The standard InChI is InChI=1S/C14H20N2O5/c1-4-20-10-8-14(12(18)19,13(10,2)3)15-11(17)7-9-5-6-21-16-9/h5-6,10H,4,7-8H2,1-3H3,(H,15,17)(H,18,19). The second kappa shape index (κ2) is 5.48. The normalized spacial score (nSPS) is 26.9. The molecule has 2 rings (SSSR count). The first-order valence-electron chi connectivity index (χ1n) is 6.88. The van der Waals surface area contributed by atoms with Crippen LogP contribution in [0.4, 0.5) is 0 Å². The van der Waals surface area contributed by atoms with Crippen molar-refractivity contribution in [1.29, 1.82) is 0 Å². The van der Waals surface area contributed by atoms with Crippen LogP contribution >= 0.6 is 0 Å². The molecule has 1 aromatic heterocycles. The lowest BCUT2D eigenvalue weighted by molar-refractivity contribution is -0.194. The lowest BCUT2D eigenvalue weighted by Crippen LogP contribution is -2.76. The summed E-state index contributed by atoms with van der Waals surface area (Å²) in [6, 6.07) is 1.57. The molecule has 2 N–H and O–H groups in total. The van der Waals surface area contributed by atoms with Crippen molar-refractivity contribution in [2.75, 3.05) is 6.61 Å². The van der Waals surface area contributed by atoms with Crippen LogP contribution < -0.4 is 5.32 Å². The molecule has 1 amide bonds. The van der Waals surface area contributed by atoms with E-state index in [-0.39, 0.29) is 18.9 Å². The van der Waals surface area contributed by atoms with Crippen LogP contribution in [-0.4, -0.2) is 40.4 Å². The summed E-state index contributed by atoms with van der Waals surface area (Å²) in [7, 11) is 0. The van der Waals surface area contributed by atoms with Gasteiger partial charge in [0.25, 0.3) is 0 Å². The number of nitrogens with one attached hydrogen (secondary N) is 1. The maximum atomic E-state index is 12.1. The van der Waals surface area contributed by atoms with Gasteiger partial charge in [0.05, 0.1) is 18.2 Å². The predicted octanol–water partition coefficient (Wildman–Crippen LogP) is 0.992. The zero-order valence-corrected chi connectivity index (χ0v) is 12.4. The molecule has 2 unspecified atom stereocenters. The maximum Gasteiger partial charge on any atom is 0.330 e. The SMILES string of the molecule is CCOC1CC(NC(=O)Cc2ccon2)(C(=O)O)C1(C)C. The number of carboxylic acid groups (broad SMARTS) is 1. The van der Waals surface area contributed by atoms with Crippen LogP contribution in [0.15, 0.2) is 16.9 Å². The van der Waals surface area contributed by atoms with Crippen molar-refractivity contribution >= 4 is 11.9 Å². The molecular formula is C14H20N2O5. The molecule has 0 aromatic carbocycles. The highest BCUT2D eigenvalue weighted by Gasteiger charge is 2.66. The lowest BCUT2D eigenvalue weighted by Gasteiger charge is -2.58. The number of ether oxygens (including phenoxy) is 1. The van der Waals surface area contributed by atoms with E-state index in [4.69, 9.17) is 4.74 Å². The molecule has 0 saturated heterocycles. The van der Waals surface area contributed by atoms with Crippen molar-refractivity contribution in [3.63, 3.8) is 0 Å². The van der Waals surface area contributed by atoms with Gasteiger partial charge in [0, 0.05) is 24.5 Å². The van der Waals surface area contributed by atoms with Gasteiger partial charge < -0.3 is 19.7 Å². The second-order valence-electron chi connectivity index (χ2n) is 5.80. The van der Waals surface area contributed by atoms with Crippen LogP contribution in [0.2, 0.25) is 0 Å². The molecule has 1 aliphatic carbocycles. The number of aromatic nitrogens is 1. The number of carboxylic acids is 1. The van der Waals surface area contributed by atoms with Gasteiger partial charge in [-0.1, -0.05) is 19.0 Å². The Hall–Kier alpha value is -1.89. The molecule has 7 nitrogen and oxygen atoms in total. The first kappa shape index (κ1) is 15.5. The molecule has 116 valence electrons. The molecule has 0 aliphatic heterocycles. The fourth-order valence-electron chi connectivity index (χ4n) is 2.81. The molecule has 7 heteroatoms. The fourth-order valence-corrected chi connectivity index (χ4v) is 2.81. The number of nitrogens with zero attached hydrogens (tertiary/aromatic N) is 1. The largest absolute Gasteiger partial charge is 0.479 e. The molecule has 1 aliphatic rings. The molecule has 2 atom stereocenters. The van der Waals surface area contributed by atoms with Gasteiger partial charge in [-0.05, 0) is 6.92 Å². The number of hydrogen-bond acceptors (Lipinski definition) is 5. The Morgan fingerprint density at radius 2 is 2.29 bits per heavy atom. The quantitative estimate of drug-likeness (QED) is 0.811. The predicted molar refractivity (Wildman–Crippen MR) is 72.5 cm³/mol.